The van der Waals surface area contributed by atoms with Crippen LogP contribution in [0.1, 0.15) is 27.3 Å². The van der Waals surface area contributed by atoms with E-state index in [2.05, 4.69) is 5.10 Å². The first-order valence-electron chi connectivity index (χ1n) is 7.52. The molecule has 0 fully saturated rings. The molecule has 0 aliphatic heterocycles. The summed E-state index contributed by atoms with van der Waals surface area (Å²) in [6.07, 6.45) is 7.41. The number of benzene rings is 1. The molecule has 4 heteroatoms. The Kier molecular flexibility index (Phi) is 3.98. The maximum atomic E-state index is 12.3. The third-order valence-corrected chi connectivity index (χ3v) is 4.02. The number of hydrogen-bond acceptors (Lipinski definition) is 2. The van der Waals surface area contributed by atoms with E-state index in [1.54, 1.807) is 6.08 Å². The van der Waals surface area contributed by atoms with Crippen LogP contribution >= 0.6 is 0 Å². The molecule has 2 aromatic heterocycles. The predicted octanol–water partition coefficient (Wildman–Crippen LogP) is 3.72. The summed E-state index contributed by atoms with van der Waals surface area (Å²) >= 11 is 0. The first kappa shape index (κ1) is 15.0. The lowest BCUT2D eigenvalue weighted by atomic mass is 10.1. The molecule has 0 radical (unpaired) electrons. The van der Waals surface area contributed by atoms with E-state index in [-0.39, 0.29) is 5.78 Å². The van der Waals surface area contributed by atoms with E-state index in [1.807, 2.05) is 85.0 Å². The molecule has 23 heavy (non-hydrogen) atoms. The van der Waals surface area contributed by atoms with Gasteiger partial charge in [-0.1, -0.05) is 0 Å². The molecular weight excluding hydrogens is 286 g/mol. The Labute approximate surface area is 135 Å². The molecule has 2 heterocycles. The van der Waals surface area contributed by atoms with E-state index in [4.69, 9.17) is 0 Å². The first-order valence-corrected chi connectivity index (χ1v) is 7.52. The molecule has 3 rings (SSSR count). The molecule has 0 N–H and O–H groups in total. The lowest BCUT2D eigenvalue weighted by Gasteiger charge is -2.03. The fourth-order valence-electron chi connectivity index (χ4n) is 2.59. The number of ketones is 1. The molecule has 0 bridgehead atoms. The van der Waals surface area contributed by atoms with Crippen molar-refractivity contribution in [3.63, 3.8) is 0 Å². The Hall–Kier alpha value is -2.88. The van der Waals surface area contributed by atoms with Gasteiger partial charge >= 0.3 is 0 Å². The Bertz CT molecular complexity index is 853. The van der Waals surface area contributed by atoms with Crippen molar-refractivity contribution in [2.75, 3.05) is 0 Å². The van der Waals surface area contributed by atoms with Crippen LogP contribution in [0.5, 0.6) is 0 Å². The number of nitrogens with zero attached hydrogens (tertiary/aromatic N) is 3. The molecule has 0 spiro atoms. The van der Waals surface area contributed by atoms with Gasteiger partial charge in [0.1, 0.15) is 0 Å². The number of aryl methyl sites for hydroxylation is 2. The topological polar surface area (TPSA) is 39.8 Å². The molecule has 4 nitrogen and oxygen atoms in total. The second-order valence-electron chi connectivity index (χ2n) is 5.54. The fraction of sp³-hybridized carbons (Fsp3) is 0.158. The van der Waals surface area contributed by atoms with Crippen LogP contribution in [-0.2, 0) is 7.05 Å². The summed E-state index contributed by atoms with van der Waals surface area (Å²) in [7, 11) is 1.90. The third-order valence-electron chi connectivity index (χ3n) is 4.02. The summed E-state index contributed by atoms with van der Waals surface area (Å²) < 4.78 is 3.83. The number of allylic oxidation sites excluding steroid dienone is 1. The Morgan fingerprint density at radius 2 is 1.74 bits per heavy atom. The number of carbonyl (C=O) groups is 1. The molecule has 0 saturated carbocycles. The zero-order valence-corrected chi connectivity index (χ0v) is 13.5. The van der Waals surface area contributed by atoms with Gasteiger partial charge in [0.25, 0.3) is 0 Å². The van der Waals surface area contributed by atoms with Gasteiger partial charge in [-0.2, -0.15) is 5.10 Å². The van der Waals surface area contributed by atoms with Crippen LogP contribution in [0.15, 0.2) is 54.9 Å². The maximum Gasteiger partial charge on any atom is 0.185 e. The molecule has 3 aromatic rings. The minimum atomic E-state index is -0.00768. The van der Waals surface area contributed by atoms with E-state index in [1.165, 1.54) is 0 Å². The van der Waals surface area contributed by atoms with Gasteiger partial charge in [-0.15, -0.1) is 0 Å². The fourth-order valence-corrected chi connectivity index (χ4v) is 2.59. The number of aromatic nitrogens is 3. The molecule has 0 amide bonds. The zero-order chi connectivity index (χ0) is 16.4. The van der Waals surface area contributed by atoms with E-state index in [0.717, 1.165) is 22.6 Å². The van der Waals surface area contributed by atoms with Gasteiger partial charge < -0.3 is 4.57 Å². The van der Waals surface area contributed by atoms with Crippen LogP contribution in [0, 0.1) is 13.8 Å². The highest BCUT2D eigenvalue weighted by Crippen LogP contribution is 2.15. The summed E-state index contributed by atoms with van der Waals surface area (Å²) in [5.74, 6) is -0.00768. The third kappa shape index (κ3) is 3.01. The van der Waals surface area contributed by atoms with Gasteiger partial charge in [0.05, 0.1) is 5.69 Å². The standard InChI is InChI=1S/C19H19N3O/c1-14-18(15(2)21(3)20-14)10-11-19(23)16-6-8-17(9-7-16)22-12-4-5-13-22/h4-13H,1-3H3/b11-10+. The van der Waals surface area contributed by atoms with Crippen molar-refractivity contribution in [2.45, 2.75) is 13.8 Å². The number of carbonyl (C=O) groups excluding carboxylic acids is 1. The molecule has 0 unspecified atom stereocenters. The average Bonchev–Trinajstić information content (AvgIpc) is 3.16. The van der Waals surface area contributed by atoms with E-state index < -0.39 is 0 Å². The SMILES string of the molecule is Cc1nn(C)c(C)c1/C=C/C(=O)c1ccc(-n2cccc2)cc1. The van der Waals surface area contributed by atoms with Crippen molar-refractivity contribution in [1.82, 2.24) is 14.3 Å². The van der Waals surface area contributed by atoms with Crippen molar-refractivity contribution in [3.05, 3.63) is 77.4 Å². The minimum absolute atomic E-state index is 0.00768. The van der Waals surface area contributed by atoms with Crippen molar-refractivity contribution >= 4 is 11.9 Å². The quantitative estimate of drug-likeness (QED) is 0.544. The van der Waals surface area contributed by atoms with Gasteiger partial charge in [0.2, 0.25) is 0 Å². The molecule has 1 aromatic carbocycles. The van der Waals surface area contributed by atoms with Crippen molar-refractivity contribution < 1.29 is 4.79 Å². The molecule has 0 aliphatic rings. The zero-order valence-electron chi connectivity index (χ0n) is 13.5. The molecular formula is C19H19N3O. The number of rotatable bonds is 4. The summed E-state index contributed by atoms with van der Waals surface area (Å²) in [4.78, 5) is 12.3. The van der Waals surface area contributed by atoms with Crippen LogP contribution in [0.3, 0.4) is 0 Å². The van der Waals surface area contributed by atoms with Gasteiger partial charge in [0, 0.05) is 41.9 Å². The predicted molar refractivity (Wildman–Crippen MR) is 91.8 cm³/mol. The first-order chi connectivity index (χ1) is 11.1. The van der Waals surface area contributed by atoms with Gasteiger partial charge in [-0.05, 0) is 62.4 Å². The molecule has 116 valence electrons. The summed E-state index contributed by atoms with van der Waals surface area (Å²) in [6, 6.07) is 11.5. The summed E-state index contributed by atoms with van der Waals surface area (Å²) in [5.41, 5.74) is 4.70. The summed E-state index contributed by atoms with van der Waals surface area (Å²) in [6.45, 7) is 3.94. The Balaban J connectivity index is 1.79. The van der Waals surface area contributed by atoms with Crippen molar-refractivity contribution in [3.8, 4) is 5.69 Å². The second kappa shape index (κ2) is 6.08. The van der Waals surface area contributed by atoms with Crippen LogP contribution < -0.4 is 0 Å². The summed E-state index contributed by atoms with van der Waals surface area (Å²) in [5, 5.41) is 4.35. The lowest BCUT2D eigenvalue weighted by molar-refractivity contribution is 0.104. The van der Waals surface area contributed by atoms with Crippen LogP contribution in [0.2, 0.25) is 0 Å². The van der Waals surface area contributed by atoms with Crippen molar-refractivity contribution in [2.24, 2.45) is 7.05 Å². The monoisotopic (exact) mass is 305 g/mol. The highest BCUT2D eigenvalue weighted by Gasteiger charge is 2.07. The Morgan fingerprint density at radius 1 is 1.09 bits per heavy atom. The van der Waals surface area contributed by atoms with Gasteiger partial charge in [-0.25, -0.2) is 0 Å². The molecule has 0 saturated heterocycles. The van der Waals surface area contributed by atoms with E-state index in [9.17, 15) is 4.79 Å². The normalized spacial score (nSPS) is 11.3. The largest absolute Gasteiger partial charge is 0.324 e. The van der Waals surface area contributed by atoms with Gasteiger partial charge in [-0.3, -0.25) is 9.48 Å². The van der Waals surface area contributed by atoms with E-state index in [0.29, 0.717) is 5.56 Å². The smallest absolute Gasteiger partial charge is 0.185 e. The van der Waals surface area contributed by atoms with Crippen LogP contribution in [0.25, 0.3) is 11.8 Å². The molecule has 0 aliphatic carbocycles. The highest BCUT2D eigenvalue weighted by atomic mass is 16.1. The minimum Gasteiger partial charge on any atom is -0.324 e. The van der Waals surface area contributed by atoms with Gasteiger partial charge in [0.15, 0.2) is 5.78 Å². The van der Waals surface area contributed by atoms with Crippen molar-refractivity contribution in [1.29, 1.82) is 0 Å². The maximum absolute atomic E-state index is 12.3. The Morgan fingerprint density at radius 3 is 2.30 bits per heavy atom. The second-order valence-corrected chi connectivity index (χ2v) is 5.54. The molecule has 0 atom stereocenters. The highest BCUT2D eigenvalue weighted by molar-refractivity contribution is 6.07. The number of hydrogen-bond donors (Lipinski definition) is 0. The van der Waals surface area contributed by atoms with Crippen LogP contribution in [0.4, 0.5) is 0 Å². The average molecular weight is 305 g/mol. The van der Waals surface area contributed by atoms with Crippen LogP contribution in [-0.4, -0.2) is 20.1 Å². The lowest BCUT2D eigenvalue weighted by Crippen LogP contribution is -1.96. The van der Waals surface area contributed by atoms with E-state index >= 15 is 0 Å².